The molecule has 0 unspecified atom stereocenters. The van der Waals surface area contributed by atoms with Crippen molar-refractivity contribution in [3.05, 3.63) is 73.2 Å². The van der Waals surface area contributed by atoms with Crippen molar-refractivity contribution in [1.29, 1.82) is 0 Å². The predicted molar refractivity (Wildman–Crippen MR) is 147 cm³/mol. The summed E-state index contributed by atoms with van der Waals surface area (Å²) in [4.78, 5) is 29.5. The number of H-pyrrole nitrogens is 2. The number of nitrogens with zero attached hydrogens (tertiary/aromatic N) is 5. The Kier molecular flexibility index (Phi) is 5.28. The second-order valence-electron chi connectivity index (χ2n) is 9.97. The first-order valence-corrected chi connectivity index (χ1v) is 12.9. The van der Waals surface area contributed by atoms with Gasteiger partial charge in [-0.3, -0.25) is 19.4 Å². The number of hydrogen-bond acceptors (Lipinski definition) is 5. The normalized spacial score (nSPS) is 14.0. The van der Waals surface area contributed by atoms with Crippen molar-refractivity contribution in [2.45, 2.75) is 32.6 Å². The Morgan fingerprint density at radius 2 is 1.89 bits per heavy atom. The molecule has 9 nitrogen and oxygen atoms in total. The van der Waals surface area contributed by atoms with Crippen LogP contribution >= 0.6 is 0 Å². The summed E-state index contributed by atoms with van der Waals surface area (Å²) in [7, 11) is 0. The molecule has 38 heavy (non-hydrogen) atoms. The van der Waals surface area contributed by atoms with Crippen molar-refractivity contribution in [3.63, 3.8) is 0 Å². The van der Waals surface area contributed by atoms with E-state index in [9.17, 15) is 4.79 Å². The summed E-state index contributed by atoms with van der Waals surface area (Å²) >= 11 is 0. The van der Waals surface area contributed by atoms with Crippen molar-refractivity contribution in [3.8, 4) is 28.3 Å². The fourth-order valence-corrected chi connectivity index (χ4v) is 5.41. The Morgan fingerprint density at radius 1 is 1.00 bits per heavy atom. The van der Waals surface area contributed by atoms with Crippen LogP contribution in [-0.2, 0) is 4.79 Å². The van der Waals surface area contributed by atoms with Crippen LogP contribution in [0, 0.1) is 12.8 Å². The minimum atomic E-state index is 0.0903. The molecule has 7 rings (SSSR count). The van der Waals surface area contributed by atoms with E-state index in [4.69, 9.17) is 0 Å². The number of rotatable bonds is 5. The molecule has 6 aromatic rings. The molecule has 5 aromatic heterocycles. The topological polar surface area (TPSA) is 117 Å². The number of aryl methyl sites for hydroxylation is 1. The second kappa shape index (κ2) is 8.95. The van der Waals surface area contributed by atoms with Gasteiger partial charge in [0.25, 0.3) is 0 Å². The van der Waals surface area contributed by atoms with Crippen LogP contribution in [0.5, 0.6) is 0 Å². The van der Waals surface area contributed by atoms with Gasteiger partial charge in [0.1, 0.15) is 17.8 Å². The molecule has 1 aliphatic carbocycles. The maximum absolute atomic E-state index is 12.6. The standard InChI is InChI=1S/C29H26N8O/c1-17-15-37(16-32-17)28-23-12-26(34-24(23)8-9-31-28)27-22-11-19(6-7-25(22)35-36-27)20-10-21(14-30-13-20)33-29(38)18-4-2-3-5-18/h6-16,18,34H,2-5H2,1H3,(H,33,38)(H,35,36). The third-order valence-corrected chi connectivity index (χ3v) is 7.37. The minimum Gasteiger partial charge on any atom is -0.353 e. The highest BCUT2D eigenvalue weighted by atomic mass is 16.1. The third-order valence-electron chi connectivity index (χ3n) is 7.37. The molecule has 0 spiro atoms. The molecule has 0 bridgehead atoms. The van der Waals surface area contributed by atoms with Gasteiger partial charge >= 0.3 is 0 Å². The maximum Gasteiger partial charge on any atom is 0.227 e. The number of fused-ring (bicyclic) bond motifs is 2. The zero-order valence-corrected chi connectivity index (χ0v) is 20.9. The van der Waals surface area contributed by atoms with Crippen molar-refractivity contribution in [2.24, 2.45) is 5.92 Å². The van der Waals surface area contributed by atoms with E-state index < -0.39 is 0 Å². The lowest BCUT2D eigenvalue weighted by molar-refractivity contribution is -0.119. The summed E-state index contributed by atoms with van der Waals surface area (Å²) in [5.41, 5.74) is 7.20. The lowest BCUT2D eigenvalue weighted by Crippen LogP contribution is -2.20. The number of anilines is 1. The molecule has 1 amide bonds. The highest BCUT2D eigenvalue weighted by molar-refractivity contribution is 5.99. The number of aromatic nitrogens is 7. The van der Waals surface area contributed by atoms with Crippen molar-refractivity contribution < 1.29 is 4.79 Å². The van der Waals surface area contributed by atoms with Crippen LogP contribution in [0.25, 0.3) is 50.1 Å². The van der Waals surface area contributed by atoms with Crippen molar-refractivity contribution in [1.82, 2.24) is 34.7 Å². The van der Waals surface area contributed by atoms with Gasteiger partial charge in [0.2, 0.25) is 5.91 Å². The highest BCUT2D eigenvalue weighted by Crippen LogP contribution is 2.33. The molecule has 9 heteroatoms. The average molecular weight is 503 g/mol. The van der Waals surface area contributed by atoms with Crippen LogP contribution < -0.4 is 5.32 Å². The first-order chi connectivity index (χ1) is 18.6. The molecule has 0 saturated heterocycles. The number of carbonyl (C=O) groups is 1. The quantitative estimate of drug-likeness (QED) is 0.276. The molecule has 0 atom stereocenters. The van der Waals surface area contributed by atoms with Crippen LogP contribution in [0.4, 0.5) is 5.69 Å². The van der Waals surface area contributed by atoms with Crippen LogP contribution in [0.1, 0.15) is 31.4 Å². The van der Waals surface area contributed by atoms with E-state index >= 15 is 0 Å². The first-order valence-electron chi connectivity index (χ1n) is 12.9. The van der Waals surface area contributed by atoms with Crippen LogP contribution in [0.3, 0.4) is 0 Å². The van der Waals surface area contributed by atoms with E-state index in [2.05, 4.69) is 47.6 Å². The number of hydrogen-bond donors (Lipinski definition) is 3. The summed E-state index contributed by atoms with van der Waals surface area (Å²) < 4.78 is 1.93. The number of aromatic amines is 2. The van der Waals surface area contributed by atoms with Gasteiger partial charge in [-0.1, -0.05) is 18.9 Å². The molecule has 188 valence electrons. The van der Waals surface area contributed by atoms with Crippen molar-refractivity contribution >= 4 is 33.4 Å². The third kappa shape index (κ3) is 3.92. The Bertz CT molecular complexity index is 1800. The van der Waals surface area contributed by atoms with Gasteiger partial charge in [-0.25, -0.2) is 9.97 Å². The van der Waals surface area contributed by atoms with Gasteiger partial charge in [-0.2, -0.15) is 5.10 Å². The maximum atomic E-state index is 12.6. The van der Waals surface area contributed by atoms with E-state index in [-0.39, 0.29) is 11.8 Å². The molecule has 1 aliphatic rings. The number of amides is 1. The zero-order chi connectivity index (χ0) is 25.6. The predicted octanol–water partition coefficient (Wildman–Crippen LogP) is 5.79. The van der Waals surface area contributed by atoms with E-state index in [0.717, 1.165) is 87.2 Å². The number of carbonyl (C=O) groups excluding carboxylic acids is 1. The molecule has 1 aromatic carbocycles. The fraction of sp³-hybridized carbons (Fsp3) is 0.207. The highest BCUT2D eigenvalue weighted by Gasteiger charge is 2.23. The van der Waals surface area contributed by atoms with E-state index in [1.54, 1.807) is 18.7 Å². The number of imidazole rings is 1. The lowest BCUT2D eigenvalue weighted by atomic mass is 10.0. The largest absolute Gasteiger partial charge is 0.353 e. The van der Waals surface area contributed by atoms with Gasteiger partial charge in [-0.15, -0.1) is 0 Å². The molecular formula is C29H26N8O. The van der Waals surface area contributed by atoms with Crippen LogP contribution in [-0.4, -0.2) is 40.6 Å². The summed E-state index contributed by atoms with van der Waals surface area (Å²) in [6.07, 6.45) is 13.2. The van der Waals surface area contributed by atoms with Gasteiger partial charge in [0.15, 0.2) is 0 Å². The van der Waals surface area contributed by atoms with Gasteiger partial charge < -0.3 is 10.3 Å². The van der Waals surface area contributed by atoms with Crippen LogP contribution in [0.2, 0.25) is 0 Å². The fourth-order valence-electron chi connectivity index (χ4n) is 5.41. The summed E-state index contributed by atoms with van der Waals surface area (Å²) in [6, 6.07) is 12.2. The zero-order valence-electron chi connectivity index (χ0n) is 20.9. The second-order valence-corrected chi connectivity index (χ2v) is 9.97. The molecule has 1 fully saturated rings. The Labute approximate surface area is 218 Å². The molecular weight excluding hydrogens is 476 g/mol. The molecule has 0 radical (unpaired) electrons. The van der Waals surface area contributed by atoms with Gasteiger partial charge in [-0.05, 0) is 55.7 Å². The summed E-state index contributed by atoms with van der Waals surface area (Å²) in [5, 5.41) is 12.8. The Balaban J connectivity index is 1.24. The smallest absolute Gasteiger partial charge is 0.227 e. The monoisotopic (exact) mass is 502 g/mol. The average Bonchev–Trinajstić information content (AvgIpc) is 3.74. The van der Waals surface area contributed by atoms with Crippen molar-refractivity contribution in [2.75, 3.05) is 5.32 Å². The van der Waals surface area contributed by atoms with Gasteiger partial charge in [0, 0.05) is 40.8 Å². The Morgan fingerprint density at radius 3 is 2.74 bits per heavy atom. The van der Waals surface area contributed by atoms with E-state index in [0.29, 0.717) is 0 Å². The molecule has 5 heterocycles. The summed E-state index contributed by atoms with van der Waals surface area (Å²) in [6.45, 7) is 1.96. The lowest BCUT2D eigenvalue weighted by Gasteiger charge is -2.11. The number of benzene rings is 1. The SMILES string of the molecule is Cc1cn(-c2nccc3[nH]c(-c4n[nH]c5ccc(-c6cncc(NC(=O)C7CCCC7)c6)cc45)cc23)cn1. The number of nitrogens with one attached hydrogen (secondary N) is 3. The molecule has 0 aliphatic heterocycles. The van der Waals surface area contributed by atoms with Crippen LogP contribution in [0.15, 0.2) is 67.5 Å². The molecule has 3 N–H and O–H groups in total. The Hall–Kier alpha value is -4.79. The van der Waals surface area contributed by atoms with Gasteiger partial charge in [0.05, 0.1) is 34.3 Å². The van der Waals surface area contributed by atoms with E-state index in [1.807, 2.05) is 48.1 Å². The number of pyridine rings is 2. The first kappa shape index (κ1) is 22.4. The summed E-state index contributed by atoms with van der Waals surface area (Å²) in [5.74, 6) is 1.01. The van der Waals surface area contributed by atoms with E-state index in [1.165, 1.54) is 0 Å². The molecule has 1 saturated carbocycles. The minimum absolute atomic E-state index is 0.0903.